The molecular weight excluding hydrogens is 481 g/mol. The van der Waals surface area contributed by atoms with Gasteiger partial charge in [0.05, 0.1) is 32.1 Å². The van der Waals surface area contributed by atoms with Crippen LogP contribution >= 0.6 is 24.0 Å². The lowest BCUT2D eigenvalue weighted by Gasteiger charge is -2.26. The molecule has 2 aliphatic rings. The predicted octanol–water partition coefficient (Wildman–Crippen LogP) is 2.70. The number of halogens is 1. The van der Waals surface area contributed by atoms with Crippen molar-refractivity contribution in [3.05, 3.63) is 24.2 Å². The van der Waals surface area contributed by atoms with E-state index in [2.05, 4.69) is 33.4 Å². The SMILES string of the molecule is CCNC(=NCC(c1ccco1)N1CCCC1)NCCCCN1CCOCC1.I. The van der Waals surface area contributed by atoms with E-state index in [0.717, 1.165) is 83.7 Å². The second-order valence-corrected chi connectivity index (χ2v) is 7.58. The Labute approximate surface area is 192 Å². The molecule has 166 valence electrons. The summed E-state index contributed by atoms with van der Waals surface area (Å²) in [4.78, 5) is 9.85. The van der Waals surface area contributed by atoms with Gasteiger partial charge in [0.25, 0.3) is 0 Å². The van der Waals surface area contributed by atoms with Crippen molar-refractivity contribution in [2.24, 2.45) is 4.99 Å². The van der Waals surface area contributed by atoms with Crippen molar-refractivity contribution in [1.29, 1.82) is 0 Å². The van der Waals surface area contributed by atoms with Crippen molar-refractivity contribution in [3.8, 4) is 0 Å². The van der Waals surface area contributed by atoms with Gasteiger partial charge in [-0.05, 0) is 64.4 Å². The van der Waals surface area contributed by atoms with Crippen molar-refractivity contribution in [1.82, 2.24) is 20.4 Å². The van der Waals surface area contributed by atoms with Crippen LogP contribution in [-0.4, -0.2) is 81.3 Å². The zero-order valence-corrected chi connectivity index (χ0v) is 20.1. The van der Waals surface area contributed by atoms with Crippen molar-refractivity contribution < 1.29 is 9.15 Å². The zero-order chi connectivity index (χ0) is 19.4. The Bertz CT molecular complexity index is 557. The summed E-state index contributed by atoms with van der Waals surface area (Å²) in [6.07, 6.45) is 6.65. The number of morpholine rings is 1. The molecule has 1 aromatic rings. The molecule has 2 fully saturated rings. The molecule has 2 aliphatic heterocycles. The van der Waals surface area contributed by atoms with Crippen LogP contribution in [0.15, 0.2) is 27.8 Å². The molecule has 29 heavy (non-hydrogen) atoms. The van der Waals surface area contributed by atoms with E-state index in [1.807, 2.05) is 6.07 Å². The van der Waals surface area contributed by atoms with Crippen LogP contribution in [0.1, 0.15) is 44.4 Å². The first-order valence-electron chi connectivity index (χ1n) is 11.0. The van der Waals surface area contributed by atoms with Crippen molar-refractivity contribution in [2.75, 3.05) is 65.6 Å². The molecule has 7 nitrogen and oxygen atoms in total. The molecule has 1 aromatic heterocycles. The molecule has 3 rings (SSSR count). The van der Waals surface area contributed by atoms with E-state index in [1.165, 1.54) is 19.3 Å². The van der Waals surface area contributed by atoms with Gasteiger partial charge in [-0.1, -0.05) is 0 Å². The number of rotatable bonds is 10. The number of unbranched alkanes of at least 4 members (excludes halogenated alkanes) is 1. The van der Waals surface area contributed by atoms with Gasteiger partial charge in [0.2, 0.25) is 0 Å². The highest BCUT2D eigenvalue weighted by atomic mass is 127. The number of hydrogen-bond acceptors (Lipinski definition) is 5. The van der Waals surface area contributed by atoms with Crippen LogP contribution in [0.2, 0.25) is 0 Å². The number of nitrogens with zero attached hydrogens (tertiary/aromatic N) is 3. The monoisotopic (exact) mass is 519 g/mol. The van der Waals surface area contributed by atoms with Crippen LogP contribution in [0.3, 0.4) is 0 Å². The summed E-state index contributed by atoms with van der Waals surface area (Å²) in [7, 11) is 0. The molecule has 0 saturated carbocycles. The highest BCUT2D eigenvalue weighted by Gasteiger charge is 2.25. The maximum Gasteiger partial charge on any atom is 0.191 e. The molecule has 8 heteroatoms. The van der Waals surface area contributed by atoms with Gasteiger partial charge in [-0.2, -0.15) is 0 Å². The molecule has 1 atom stereocenters. The summed E-state index contributed by atoms with van der Waals surface area (Å²) in [6.45, 7) is 12.0. The lowest BCUT2D eigenvalue weighted by Crippen LogP contribution is -2.39. The van der Waals surface area contributed by atoms with Gasteiger partial charge in [0.15, 0.2) is 5.96 Å². The number of guanidine groups is 1. The smallest absolute Gasteiger partial charge is 0.191 e. The van der Waals surface area contributed by atoms with Crippen LogP contribution < -0.4 is 10.6 Å². The first-order chi connectivity index (χ1) is 13.9. The summed E-state index contributed by atoms with van der Waals surface area (Å²) in [5.41, 5.74) is 0. The number of aliphatic imine (C=N–C) groups is 1. The Kier molecular flexibility index (Phi) is 12.0. The van der Waals surface area contributed by atoms with Crippen LogP contribution in [0.5, 0.6) is 0 Å². The summed E-state index contributed by atoms with van der Waals surface area (Å²) >= 11 is 0. The summed E-state index contributed by atoms with van der Waals surface area (Å²) < 4.78 is 11.1. The molecule has 3 heterocycles. The van der Waals surface area contributed by atoms with E-state index in [4.69, 9.17) is 14.1 Å². The van der Waals surface area contributed by atoms with Crippen molar-refractivity contribution >= 4 is 29.9 Å². The van der Waals surface area contributed by atoms with Gasteiger partial charge in [-0.25, -0.2) is 0 Å². The summed E-state index contributed by atoms with van der Waals surface area (Å²) in [5.74, 6) is 1.93. The van der Waals surface area contributed by atoms with E-state index in [0.29, 0.717) is 0 Å². The first kappa shape index (κ1) is 24.4. The van der Waals surface area contributed by atoms with Gasteiger partial charge >= 0.3 is 0 Å². The molecular formula is C21H38IN5O2. The lowest BCUT2D eigenvalue weighted by molar-refractivity contribution is 0.0372. The van der Waals surface area contributed by atoms with Gasteiger partial charge < -0.3 is 19.8 Å². The van der Waals surface area contributed by atoms with Crippen molar-refractivity contribution in [3.63, 3.8) is 0 Å². The predicted molar refractivity (Wildman–Crippen MR) is 128 cm³/mol. The molecule has 0 spiro atoms. The Morgan fingerprint density at radius 2 is 1.93 bits per heavy atom. The van der Waals surface area contributed by atoms with Crippen LogP contribution in [0.25, 0.3) is 0 Å². The second kappa shape index (κ2) is 14.2. The average molecular weight is 519 g/mol. The topological polar surface area (TPSA) is 65.3 Å². The fourth-order valence-electron chi connectivity index (χ4n) is 3.93. The quantitative estimate of drug-likeness (QED) is 0.215. The standard InChI is InChI=1S/C21H37N5O2.HI/c1-2-22-21(23-9-3-4-10-25-13-16-27-17-14-25)24-18-19(20-8-7-15-28-20)26-11-5-6-12-26;/h7-8,15,19H,2-6,9-14,16-18H2,1H3,(H2,22,23,24);1H. The van der Waals surface area contributed by atoms with E-state index in [1.54, 1.807) is 6.26 Å². The second-order valence-electron chi connectivity index (χ2n) is 7.58. The van der Waals surface area contributed by atoms with Gasteiger partial charge in [-0.3, -0.25) is 14.8 Å². The molecule has 2 N–H and O–H groups in total. The Balaban J connectivity index is 0.00000300. The molecule has 0 bridgehead atoms. The number of likely N-dealkylation sites (tertiary alicyclic amines) is 1. The van der Waals surface area contributed by atoms with Crippen LogP contribution in [0.4, 0.5) is 0 Å². The summed E-state index contributed by atoms with van der Waals surface area (Å²) in [6, 6.07) is 4.28. The van der Waals surface area contributed by atoms with Crippen molar-refractivity contribution in [2.45, 2.75) is 38.6 Å². The number of nitrogens with one attached hydrogen (secondary N) is 2. The molecule has 2 saturated heterocycles. The maximum absolute atomic E-state index is 5.71. The fraction of sp³-hybridized carbons (Fsp3) is 0.762. The third-order valence-corrected chi connectivity index (χ3v) is 5.52. The number of furan rings is 1. The average Bonchev–Trinajstić information content (AvgIpc) is 3.43. The Hall–Kier alpha value is -0.840. The lowest BCUT2D eigenvalue weighted by atomic mass is 10.2. The van der Waals surface area contributed by atoms with E-state index in [9.17, 15) is 0 Å². The summed E-state index contributed by atoms with van der Waals surface area (Å²) in [5, 5.41) is 6.87. The van der Waals surface area contributed by atoms with E-state index >= 15 is 0 Å². The first-order valence-corrected chi connectivity index (χ1v) is 11.0. The highest BCUT2D eigenvalue weighted by molar-refractivity contribution is 14.0. The largest absolute Gasteiger partial charge is 0.468 e. The fourth-order valence-corrected chi connectivity index (χ4v) is 3.93. The Morgan fingerprint density at radius 1 is 1.14 bits per heavy atom. The number of ether oxygens (including phenoxy) is 1. The third-order valence-electron chi connectivity index (χ3n) is 5.52. The molecule has 1 unspecified atom stereocenters. The van der Waals surface area contributed by atoms with Gasteiger partial charge in [0, 0.05) is 26.2 Å². The molecule has 0 amide bonds. The maximum atomic E-state index is 5.71. The van der Waals surface area contributed by atoms with Gasteiger partial charge in [-0.15, -0.1) is 24.0 Å². The molecule has 0 radical (unpaired) electrons. The third kappa shape index (κ3) is 8.43. The molecule has 0 aliphatic carbocycles. The minimum Gasteiger partial charge on any atom is -0.468 e. The Morgan fingerprint density at radius 3 is 2.62 bits per heavy atom. The van der Waals surface area contributed by atoms with Crippen LogP contribution in [-0.2, 0) is 4.74 Å². The normalized spacial score (nSPS) is 19.7. The molecule has 0 aromatic carbocycles. The minimum atomic E-state index is 0. The minimum absolute atomic E-state index is 0. The van der Waals surface area contributed by atoms with Gasteiger partial charge in [0.1, 0.15) is 5.76 Å². The number of hydrogen-bond donors (Lipinski definition) is 2. The van der Waals surface area contributed by atoms with E-state index < -0.39 is 0 Å². The highest BCUT2D eigenvalue weighted by Crippen LogP contribution is 2.25. The zero-order valence-electron chi connectivity index (χ0n) is 17.8. The van der Waals surface area contributed by atoms with Crippen LogP contribution in [0, 0.1) is 0 Å². The van der Waals surface area contributed by atoms with E-state index in [-0.39, 0.29) is 30.0 Å².